The molecule has 0 aromatic carbocycles. The fourth-order valence-electron chi connectivity index (χ4n) is 1.96. The van der Waals surface area contributed by atoms with Crippen LogP contribution in [0.4, 0.5) is 17.3 Å². The van der Waals surface area contributed by atoms with Gasteiger partial charge in [-0.05, 0) is 13.3 Å². The molecule has 1 aromatic heterocycles. The molecule has 0 aliphatic carbocycles. The van der Waals surface area contributed by atoms with E-state index in [1.165, 1.54) is 6.33 Å². The van der Waals surface area contributed by atoms with Crippen LogP contribution >= 0.6 is 0 Å². The third-order valence-electron chi connectivity index (χ3n) is 3.07. The average Bonchev–Trinajstić information content (AvgIpc) is 2.81. The molecule has 1 saturated heterocycles. The highest BCUT2D eigenvalue weighted by molar-refractivity contribution is 5.67. The minimum absolute atomic E-state index is 0.0282. The van der Waals surface area contributed by atoms with E-state index in [4.69, 9.17) is 10.5 Å². The van der Waals surface area contributed by atoms with Gasteiger partial charge in [-0.15, -0.1) is 0 Å². The zero-order valence-electron chi connectivity index (χ0n) is 10.00. The number of rotatable bonds is 4. The Morgan fingerprint density at radius 2 is 2.44 bits per heavy atom. The second-order valence-corrected chi connectivity index (χ2v) is 4.27. The van der Waals surface area contributed by atoms with Crippen molar-refractivity contribution in [2.24, 2.45) is 5.92 Å². The van der Waals surface area contributed by atoms with Gasteiger partial charge in [0.2, 0.25) is 11.6 Å². The number of nitrogens with one attached hydrogen (secondary N) is 1. The minimum Gasteiger partial charge on any atom is -0.381 e. The van der Waals surface area contributed by atoms with Crippen molar-refractivity contribution >= 4 is 17.3 Å². The lowest BCUT2D eigenvalue weighted by molar-refractivity contribution is -0.383. The number of hydrogen-bond acceptors (Lipinski definition) is 7. The standard InChI is InChI=1S/C10H15N5O3/c1-6(7-2-3-18-4-7)14-10-8(15(16)17)9(11)12-5-13-10/h5-7H,2-4H2,1H3,(H3,11,12,13,14). The molecule has 2 unspecified atom stereocenters. The first-order valence-corrected chi connectivity index (χ1v) is 5.68. The van der Waals surface area contributed by atoms with Crippen LogP contribution in [-0.4, -0.2) is 34.1 Å². The Morgan fingerprint density at radius 1 is 1.67 bits per heavy atom. The van der Waals surface area contributed by atoms with Gasteiger partial charge in [-0.3, -0.25) is 10.1 Å². The van der Waals surface area contributed by atoms with Crippen molar-refractivity contribution in [3.63, 3.8) is 0 Å². The van der Waals surface area contributed by atoms with Crippen molar-refractivity contribution in [2.45, 2.75) is 19.4 Å². The molecule has 2 atom stereocenters. The van der Waals surface area contributed by atoms with Crippen LogP contribution in [-0.2, 0) is 4.74 Å². The van der Waals surface area contributed by atoms with Crippen LogP contribution in [0.25, 0.3) is 0 Å². The van der Waals surface area contributed by atoms with Crippen LogP contribution in [0.1, 0.15) is 13.3 Å². The highest BCUT2D eigenvalue weighted by Crippen LogP contribution is 2.28. The molecular formula is C10H15N5O3. The van der Waals surface area contributed by atoms with E-state index in [1.807, 2.05) is 6.92 Å². The van der Waals surface area contributed by atoms with E-state index in [2.05, 4.69) is 15.3 Å². The van der Waals surface area contributed by atoms with Gasteiger partial charge in [-0.2, -0.15) is 0 Å². The molecule has 2 heterocycles. The molecule has 1 aliphatic heterocycles. The van der Waals surface area contributed by atoms with Crippen LogP contribution in [0.2, 0.25) is 0 Å². The molecule has 1 fully saturated rings. The lowest BCUT2D eigenvalue weighted by atomic mass is 10.0. The van der Waals surface area contributed by atoms with Crippen molar-refractivity contribution in [1.82, 2.24) is 9.97 Å². The van der Waals surface area contributed by atoms with Gasteiger partial charge in [0.1, 0.15) is 6.33 Å². The smallest absolute Gasteiger partial charge is 0.352 e. The normalized spacial score (nSPS) is 20.6. The molecule has 1 aromatic rings. The Hall–Kier alpha value is -1.96. The molecule has 0 amide bonds. The molecule has 3 N–H and O–H groups in total. The summed E-state index contributed by atoms with van der Waals surface area (Å²) in [6.07, 6.45) is 2.14. The molecule has 18 heavy (non-hydrogen) atoms. The lowest BCUT2D eigenvalue weighted by Crippen LogP contribution is -2.27. The first-order valence-electron chi connectivity index (χ1n) is 5.68. The van der Waals surface area contributed by atoms with Crippen molar-refractivity contribution in [3.05, 3.63) is 16.4 Å². The van der Waals surface area contributed by atoms with Gasteiger partial charge >= 0.3 is 5.69 Å². The third-order valence-corrected chi connectivity index (χ3v) is 3.07. The van der Waals surface area contributed by atoms with Crippen LogP contribution in [0, 0.1) is 16.0 Å². The monoisotopic (exact) mass is 253 g/mol. The van der Waals surface area contributed by atoms with Crippen LogP contribution in [0.15, 0.2) is 6.33 Å². The predicted molar refractivity (Wildman–Crippen MR) is 65.1 cm³/mol. The Balaban J connectivity index is 2.17. The maximum atomic E-state index is 10.9. The van der Waals surface area contributed by atoms with Crippen LogP contribution < -0.4 is 11.1 Å². The van der Waals surface area contributed by atoms with Crippen LogP contribution in [0.3, 0.4) is 0 Å². The Morgan fingerprint density at radius 3 is 3.06 bits per heavy atom. The zero-order valence-corrected chi connectivity index (χ0v) is 10.00. The summed E-state index contributed by atoms with van der Waals surface area (Å²) < 4.78 is 5.29. The second kappa shape index (κ2) is 5.13. The minimum atomic E-state index is -0.574. The highest BCUT2D eigenvalue weighted by Gasteiger charge is 2.27. The molecule has 0 bridgehead atoms. The van der Waals surface area contributed by atoms with Gasteiger partial charge in [-0.25, -0.2) is 9.97 Å². The predicted octanol–water partition coefficient (Wildman–Crippen LogP) is 0.804. The molecule has 8 heteroatoms. The molecule has 1 aliphatic rings. The van der Waals surface area contributed by atoms with Gasteiger partial charge in [0.15, 0.2) is 0 Å². The number of aromatic nitrogens is 2. The van der Waals surface area contributed by atoms with E-state index >= 15 is 0 Å². The number of nitrogens with zero attached hydrogens (tertiary/aromatic N) is 3. The largest absolute Gasteiger partial charge is 0.381 e. The molecule has 0 saturated carbocycles. The van der Waals surface area contributed by atoms with E-state index < -0.39 is 4.92 Å². The van der Waals surface area contributed by atoms with Crippen molar-refractivity contribution in [1.29, 1.82) is 0 Å². The summed E-state index contributed by atoms with van der Waals surface area (Å²) in [6.45, 7) is 3.33. The third kappa shape index (κ3) is 2.48. The summed E-state index contributed by atoms with van der Waals surface area (Å²) >= 11 is 0. The quantitative estimate of drug-likeness (QED) is 0.602. The van der Waals surface area contributed by atoms with E-state index in [0.717, 1.165) is 13.0 Å². The summed E-state index contributed by atoms with van der Waals surface area (Å²) in [4.78, 5) is 17.9. The molecule has 2 rings (SSSR count). The summed E-state index contributed by atoms with van der Waals surface area (Å²) in [5.41, 5.74) is 5.22. The lowest BCUT2D eigenvalue weighted by Gasteiger charge is -2.19. The first-order chi connectivity index (χ1) is 8.59. The molecule has 8 nitrogen and oxygen atoms in total. The number of hydrogen-bond donors (Lipinski definition) is 2. The Kier molecular flexibility index (Phi) is 3.56. The fourth-order valence-corrected chi connectivity index (χ4v) is 1.96. The summed E-state index contributed by atoms with van der Waals surface area (Å²) in [5.74, 6) is 0.347. The van der Waals surface area contributed by atoms with Crippen molar-refractivity contribution < 1.29 is 9.66 Å². The first kappa shape index (κ1) is 12.5. The molecule has 0 spiro atoms. The molecular weight excluding hydrogens is 238 g/mol. The summed E-state index contributed by atoms with van der Waals surface area (Å²) in [6, 6.07) is 0.0282. The number of nitro groups is 1. The number of ether oxygens (including phenoxy) is 1. The van der Waals surface area contributed by atoms with Gasteiger partial charge < -0.3 is 15.8 Å². The summed E-state index contributed by atoms with van der Waals surface area (Å²) in [7, 11) is 0. The van der Waals surface area contributed by atoms with E-state index in [-0.39, 0.29) is 23.4 Å². The summed E-state index contributed by atoms with van der Waals surface area (Å²) in [5, 5.41) is 13.9. The van der Waals surface area contributed by atoms with Gasteiger partial charge in [0, 0.05) is 18.6 Å². The van der Waals surface area contributed by atoms with E-state index in [1.54, 1.807) is 0 Å². The van der Waals surface area contributed by atoms with Gasteiger partial charge in [0.05, 0.1) is 11.5 Å². The molecule has 98 valence electrons. The molecule has 0 radical (unpaired) electrons. The van der Waals surface area contributed by atoms with Crippen molar-refractivity contribution in [2.75, 3.05) is 24.3 Å². The van der Waals surface area contributed by atoms with E-state index in [9.17, 15) is 10.1 Å². The second-order valence-electron chi connectivity index (χ2n) is 4.27. The highest BCUT2D eigenvalue weighted by atomic mass is 16.6. The topological polar surface area (TPSA) is 116 Å². The maximum Gasteiger partial charge on any atom is 0.352 e. The number of anilines is 2. The SMILES string of the molecule is CC(Nc1ncnc(N)c1[N+](=O)[O-])C1CCOC1. The number of nitrogen functional groups attached to an aromatic ring is 1. The zero-order chi connectivity index (χ0) is 13.1. The van der Waals surface area contributed by atoms with E-state index in [0.29, 0.717) is 12.5 Å². The van der Waals surface area contributed by atoms with Crippen molar-refractivity contribution in [3.8, 4) is 0 Å². The van der Waals surface area contributed by atoms with Crippen LogP contribution in [0.5, 0.6) is 0 Å². The average molecular weight is 253 g/mol. The van der Waals surface area contributed by atoms with Gasteiger partial charge in [-0.1, -0.05) is 0 Å². The number of nitrogens with two attached hydrogens (primary N) is 1. The maximum absolute atomic E-state index is 10.9. The van der Waals surface area contributed by atoms with Gasteiger partial charge in [0.25, 0.3) is 0 Å². The fraction of sp³-hybridized carbons (Fsp3) is 0.600. The Labute approximate surface area is 104 Å². The Bertz CT molecular complexity index is 447.